The average molecular weight is 252 g/mol. The molecule has 1 atom stereocenters. The standard InChI is InChI=1S/C10H24N2O3S/c1-9(2)8-12(5-6-15-4)16(13,14)10(3)7-11/h9-10H,5-8,11H2,1-4H3. The van der Waals surface area contributed by atoms with Gasteiger partial charge in [0.25, 0.3) is 0 Å². The van der Waals surface area contributed by atoms with Gasteiger partial charge >= 0.3 is 0 Å². The van der Waals surface area contributed by atoms with Gasteiger partial charge < -0.3 is 10.5 Å². The fraction of sp³-hybridized carbons (Fsp3) is 1.00. The summed E-state index contributed by atoms with van der Waals surface area (Å²) >= 11 is 0. The first-order valence-corrected chi connectivity index (χ1v) is 7.04. The predicted octanol–water partition coefficient (Wildman–Crippen LogP) is 0.268. The van der Waals surface area contributed by atoms with Crippen molar-refractivity contribution in [2.45, 2.75) is 26.0 Å². The van der Waals surface area contributed by atoms with Gasteiger partial charge in [0.05, 0.1) is 11.9 Å². The third-order valence-electron chi connectivity index (χ3n) is 2.31. The van der Waals surface area contributed by atoms with Gasteiger partial charge in [-0.1, -0.05) is 13.8 Å². The van der Waals surface area contributed by atoms with Crippen LogP contribution in [0.15, 0.2) is 0 Å². The van der Waals surface area contributed by atoms with Gasteiger partial charge in [0.1, 0.15) is 0 Å². The van der Waals surface area contributed by atoms with E-state index in [-0.39, 0.29) is 12.5 Å². The Balaban J connectivity index is 4.72. The second kappa shape index (κ2) is 7.21. The van der Waals surface area contributed by atoms with Crippen LogP contribution in [-0.2, 0) is 14.8 Å². The lowest BCUT2D eigenvalue weighted by Gasteiger charge is -2.26. The maximum atomic E-state index is 12.1. The van der Waals surface area contributed by atoms with E-state index >= 15 is 0 Å². The molecule has 0 aromatic carbocycles. The molecule has 0 aromatic rings. The number of sulfonamides is 1. The molecule has 0 aliphatic carbocycles. The fourth-order valence-corrected chi connectivity index (χ4v) is 2.89. The number of hydrogen-bond donors (Lipinski definition) is 1. The summed E-state index contributed by atoms with van der Waals surface area (Å²) in [5, 5.41) is -0.539. The van der Waals surface area contributed by atoms with Gasteiger partial charge in [-0.3, -0.25) is 0 Å². The third-order valence-corrected chi connectivity index (χ3v) is 4.57. The Morgan fingerprint density at radius 2 is 1.88 bits per heavy atom. The van der Waals surface area contributed by atoms with E-state index in [1.165, 1.54) is 4.31 Å². The van der Waals surface area contributed by atoms with Crippen LogP contribution < -0.4 is 5.73 Å². The highest BCUT2D eigenvalue weighted by Crippen LogP contribution is 2.10. The highest BCUT2D eigenvalue weighted by molar-refractivity contribution is 7.89. The average Bonchev–Trinajstić information content (AvgIpc) is 2.22. The van der Waals surface area contributed by atoms with Crippen LogP contribution >= 0.6 is 0 Å². The zero-order chi connectivity index (χ0) is 12.8. The molecule has 0 amide bonds. The first kappa shape index (κ1) is 15.8. The molecule has 6 heteroatoms. The first-order chi connectivity index (χ1) is 7.36. The minimum atomic E-state index is -3.29. The van der Waals surface area contributed by atoms with E-state index in [9.17, 15) is 8.42 Å². The highest BCUT2D eigenvalue weighted by Gasteiger charge is 2.27. The number of rotatable bonds is 8. The van der Waals surface area contributed by atoms with Crippen LogP contribution in [0.2, 0.25) is 0 Å². The summed E-state index contributed by atoms with van der Waals surface area (Å²) in [6.07, 6.45) is 0. The Bertz CT molecular complexity index is 278. The molecular formula is C10H24N2O3S. The number of ether oxygens (including phenoxy) is 1. The largest absolute Gasteiger partial charge is 0.383 e. The molecule has 0 spiro atoms. The fourth-order valence-electron chi connectivity index (χ4n) is 1.30. The summed E-state index contributed by atoms with van der Waals surface area (Å²) in [4.78, 5) is 0. The topological polar surface area (TPSA) is 72.6 Å². The molecule has 5 nitrogen and oxygen atoms in total. The number of nitrogens with two attached hydrogens (primary N) is 1. The highest BCUT2D eigenvalue weighted by atomic mass is 32.2. The molecule has 0 aromatic heterocycles. The summed E-state index contributed by atoms with van der Waals surface area (Å²) in [5.74, 6) is 0.289. The van der Waals surface area contributed by atoms with Crippen LogP contribution in [0.4, 0.5) is 0 Å². The zero-order valence-corrected chi connectivity index (χ0v) is 11.5. The number of methoxy groups -OCH3 is 1. The van der Waals surface area contributed by atoms with Gasteiger partial charge in [-0.15, -0.1) is 0 Å². The van der Waals surface area contributed by atoms with Crippen molar-refractivity contribution in [2.75, 3.05) is 33.4 Å². The quantitative estimate of drug-likeness (QED) is 0.673. The van der Waals surface area contributed by atoms with E-state index in [2.05, 4.69) is 0 Å². The van der Waals surface area contributed by atoms with Crippen molar-refractivity contribution in [1.82, 2.24) is 4.31 Å². The maximum Gasteiger partial charge on any atom is 0.218 e. The Morgan fingerprint density at radius 3 is 2.25 bits per heavy atom. The van der Waals surface area contributed by atoms with Gasteiger partial charge in [-0.25, -0.2) is 8.42 Å². The molecule has 2 N–H and O–H groups in total. The van der Waals surface area contributed by atoms with E-state index in [1.54, 1.807) is 14.0 Å². The third kappa shape index (κ3) is 4.78. The minimum absolute atomic E-state index is 0.143. The SMILES string of the molecule is COCCN(CC(C)C)S(=O)(=O)C(C)CN. The van der Waals surface area contributed by atoms with E-state index in [0.717, 1.165) is 0 Å². The normalized spacial score (nSPS) is 14.7. The number of nitrogens with zero attached hydrogens (tertiary/aromatic N) is 1. The van der Waals surface area contributed by atoms with Crippen molar-refractivity contribution < 1.29 is 13.2 Å². The van der Waals surface area contributed by atoms with Crippen molar-refractivity contribution >= 4 is 10.0 Å². The van der Waals surface area contributed by atoms with Crippen LogP contribution in [0.1, 0.15) is 20.8 Å². The molecule has 0 aliphatic rings. The van der Waals surface area contributed by atoms with Crippen LogP contribution in [0, 0.1) is 5.92 Å². The second-order valence-corrected chi connectivity index (χ2v) is 6.69. The van der Waals surface area contributed by atoms with Crippen molar-refractivity contribution in [2.24, 2.45) is 11.7 Å². The maximum absolute atomic E-state index is 12.1. The second-order valence-electron chi connectivity index (χ2n) is 4.34. The van der Waals surface area contributed by atoms with E-state index in [1.807, 2.05) is 13.8 Å². The molecule has 0 aliphatic heterocycles. The molecule has 0 rings (SSSR count). The van der Waals surface area contributed by atoms with Crippen LogP contribution in [0.5, 0.6) is 0 Å². The van der Waals surface area contributed by atoms with E-state index < -0.39 is 15.3 Å². The molecule has 0 saturated carbocycles. The summed E-state index contributed by atoms with van der Waals surface area (Å²) in [7, 11) is -1.73. The Labute approximate surface area is 99.0 Å². The summed E-state index contributed by atoms with van der Waals surface area (Å²) in [6, 6.07) is 0. The molecule has 0 fully saturated rings. The predicted molar refractivity (Wildman–Crippen MR) is 65.7 cm³/mol. The van der Waals surface area contributed by atoms with Crippen molar-refractivity contribution in [3.05, 3.63) is 0 Å². The van der Waals surface area contributed by atoms with Gasteiger partial charge in [-0.05, 0) is 12.8 Å². The Hall–Kier alpha value is -0.170. The van der Waals surface area contributed by atoms with E-state index in [0.29, 0.717) is 19.7 Å². The van der Waals surface area contributed by atoms with Crippen molar-refractivity contribution in [3.8, 4) is 0 Å². The van der Waals surface area contributed by atoms with Crippen LogP contribution in [0.25, 0.3) is 0 Å². The molecule has 0 heterocycles. The van der Waals surface area contributed by atoms with Crippen LogP contribution in [-0.4, -0.2) is 51.3 Å². The van der Waals surface area contributed by atoms with E-state index in [4.69, 9.17) is 10.5 Å². The monoisotopic (exact) mass is 252 g/mol. The molecule has 98 valence electrons. The molecule has 1 unspecified atom stereocenters. The number of hydrogen-bond acceptors (Lipinski definition) is 4. The zero-order valence-electron chi connectivity index (χ0n) is 10.6. The van der Waals surface area contributed by atoms with Crippen molar-refractivity contribution in [1.29, 1.82) is 0 Å². The lowest BCUT2D eigenvalue weighted by molar-refractivity contribution is 0.175. The Kier molecular flexibility index (Phi) is 7.14. The molecular weight excluding hydrogens is 228 g/mol. The lowest BCUT2D eigenvalue weighted by atomic mass is 10.2. The first-order valence-electron chi connectivity index (χ1n) is 5.54. The van der Waals surface area contributed by atoms with Crippen LogP contribution in [0.3, 0.4) is 0 Å². The summed E-state index contributed by atoms with van der Waals surface area (Å²) in [5.41, 5.74) is 5.42. The molecule has 0 radical (unpaired) electrons. The lowest BCUT2D eigenvalue weighted by Crippen LogP contribution is -2.43. The van der Waals surface area contributed by atoms with Crippen molar-refractivity contribution in [3.63, 3.8) is 0 Å². The molecule has 0 saturated heterocycles. The molecule has 16 heavy (non-hydrogen) atoms. The van der Waals surface area contributed by atoms with Gasteiger partial charge in [-0.2, -0.15) is 4.31 Å². The van der Waals surface area contributed by atoms with Gasteiger partial charge in [0.15, 0.2) is 0 Å². The van der Waals surface area contributed by atoms with Gasteiger partial charge in [0, 0.05) is 26.7 Å². The summed E-state index contributed by atoms with van der Waals surface area (Å²) < 4.78 is 30.6. The minimum Gasteiger partial charge on any atom is -0.383 e. The summed E-state index contributed by atoms with van der Waals surface area (Å²) in [6.45, 7) is 7.06. The molecule has 0 bridgehead atoms. The van der Waals surface area contributed by atoms with Gasteiger partial charge in [0.2, 0.25) is 10.0 Å². The Morgan fingerprint density at radius 1 is 1.31 bits per heavy atom. The smallest absolute Gasteiger partial charge is 0.218 e.